The van der Waals surface area contributed by atoms with Gasteiger partial charge >= 0.3 is 5.69 Å². The van der Waals surface area contributed by atoms with Gasteiger partial charge in [0.1, 0.15) is 0 Å². The Morgan fingerprint density at radius 2 is 1.67 bits per heavy atom. The maximum atomic E-state index is 13.6. The molecular formula is C30H42N4O2. The van der Waals surface area contributed by atoms with Gasteiger partial charge in [0, 0.05) is 50.5 Å². The zero-order valence-electron chi connectivity index (χ0n) is 21.9. The molecule has 0 bridgehead atoms. The summed E-state index contributed by atoms with van der Waals surface area (Å²) in [5, 5.41) is 0. The van der Waals surface area contributed by atoms with Crippen LogP contribution in [0.15, 0.2) is 53.6 Å². The molecule has 5 rings (SSSR count). The number of fused-ring (bicyclic) bond motifs is 1. The smallest absolute Gasteiger partial charge is 0.329 e. The van der Waals surface area contributed by atoms with Gasteiger partial charge in [0.25, 0.3) is 0 Å². The molecule has 3 heterocycles. The molecule has 1 saturated carbocycles. The van der Waals surface area contributed by atoms with Crippen molar-refractivity contribution >= 4 is 11.0 Å². The van der Waals surface area contributed by atoms with Gasteiger partial charge in [0.05, 0.1) is 24.2 Å². The molecule has 2 unspecified atom stereocenters. The SMILES string of the molecule is CCn1c(=O)n(C2CCN(CC3CCCCCCC3)CC2COCc2ccncc2)c2ccccc21. The molecule has 1 saturated heterocycles. The first-order chi connectivity index (χ1) is 17.7. The molecule has 0 amide bonds. The van der Waals surface area contributed by atoms with E-state index in [-0.39, 0.29) is 17.6 Å². The number of aryl methyl sites for hydroxylation is 1. The monoisotopic (exact) mass is 490 g/mol. The highest BCUT2D eigenvalue weighted by Crippen LogP contribution is 2.32. The number of hydrogen-bond donors (Lipinski definition) is 0. The Morgan fingerprint density at radius 3 is 2.42 bits per heavy atom. The summed E-state index contributed by atoms with van der Waals surface area (Å²) in [7, 11) is 0. The molecule has 0 N–H and O–H groups in total. The van der Waals surface area contributed by atoms with Crippen molar-refractivity contribution in [1.82, 2.24) is 19.0 Å². The molecule has 3 aromatic rings. The zero-order chi connectivity index (χ0) is 24.7. The lowest BCUT2D eigenvalue weighted by Gasteiger charge is -2.40. The molecule has 194 valence electrons. The number of hydrogen-bond acceptors (Lipinski definition) is 4. The number of rotatable bonds is 8. The van der Waals surface area contributed by atoms with Crippen LogP contribution in [0.3, 0.4) is 0 Å². The number of piperidine rings is 1. The lowest BCUT2D eigenvalue weighted by atomic mass is 9.88. The summed E-state index contributed by atoms with van der Waals surface area (Å²) in [5.74, 6) is 1.09. The van der Waals surface area contributed by atoms with E-state index < -0.39 is 0 Å². The van der Waals surface area contributed by atoms with Crippen LogP contribution in [0.4, 0.5) is 0 Å². The fourth-order valence-corrected chi connectivity index (χ4v) is 6.52. The number of aromatic nitrogens is 3. The van der Waals surface area contributed by atoms with E-state index in [2.05, 4.69) is 39.6 Å². The van der Waals surface area contributed by atoms with Crippen LogP contribution in [0, 0.1) is 11.8 Å². The summed E-state index contributed by atoms with van der Waals surface area (Å²) in [6, 6.07) is 12.5. The van der Waals surface area contributed by atoms with Gasteiger partial charge in [-0.05, 0) is 61.9 Å². The second-order valence-electron chi connectivity index (χ2n) is 10.8. The average molecular weight is 491 g/mol. The number of ether oxygens (including phenoxy) is 1. The first-order valence-corrected chi connectivity index (χ1v) is 14.1. The summed E-state index contributed by atoms with van der Waals surface area (Å²) in [5.41, 5.74) is 3.36. The summed E-state index contributed by atoms with van der Waals surface area (Å²) in [6.07, 6.45) is 14.3. The number of pyridine rings is 1. The van der Waals surface area contributed by atoms with Crippen LogP contribution >= 0.6 is 0 Å². The number of imidazole rings is 1. The minimum Gasteiger partial charge on any atom is -0.376 e. The van der Waals surface area contributed by atoms with Crippen LogP contribution < -0.4 is 5.69 Å². The van der Waals surface area contributed by atoms with E-state index in [1.54, 1.807) is 0 Å². The largest absolute Gasteiger partial charge is 0.376 e. The standard InChI is InChI=1S/C30H42N4O2/c1-2-33-28-12-8-9-13-29(28)34(30(33)35)27-16-19-32(20-24-10-6-4-3-5-7-11-24)21-26(27)23-36-22-25-14-17-31-18-15-25/h8-9,12-15,17-18,24,26-27H,2-7,10-11,16,19-23H2,1H3. The van der Waals surface area contributed by atoms with E-state index in [4.69, 9.17) is 4.74 Å². The van der Waals surface area contributed by atoms with E-state index in [1.165, 1.54) is 51.5 Å². The topological polar surface area (TPSA) is 52.3 Å². The average Bonchev–Trinajstić information content (AvgIpc) is 3.17. The maximum Gasteiger partial charge on any atom is 0.329 e. The Labute approximate surface area is 215 Å². The first-order valence-electron chi connectivity index (χ1n) is 14.1. The molecule has 36 heavy (non-hydrogen) atoms. The van der Waals surface area contributed by atoms with Crippen LogP contribution in [0.1, 0.15) is 69.9 Å². The molecule has 6 heteroatoms. The summed E-state index contributed by atoms with van der Waals surface area (Å²) < 4.78 is 10.3. The van der Waals surface area contributed by atoms with Gasteiger partial charge in [-0.15, -0.1) is 0 Å². The highest BCUT2D eigenvalue weighted by molar-refractivity contribution is 5.76. The Hall–Kier alpha value is -2.44. The molecule has 2 aliphatic rings. The number of likely N-dealkylation sites (tertiary alicyclic amines) is 1. The third-order valence-electron chi connectivity index (χ3n) is 8.39. The Bertz CT molecular complexity index is 1150. The van der Waals surface area contributed by atoms with E-state index in [9.17, 15) is 4.79 Å². The van der Waals surface area contributed by atoms with Crippen molar-refractivity contribution in [2.24, 2.45) is 11.8 Å². The minimum absolute atomic E-state index is 0.122. The van der Waals surface area contributed by atoms with Crippen LogP contribution in [0.25, 0.3) is 11.0 Å². The number of nitrogens with zero attached hydrogens (tertiary/aromatic N) is 4. The molecule has 1 aliphatic carbocycles. The first kappa shape index (κ1) is 25.2. The van der Waals surface area contributed by atoms with E-state index in [1.807, 2.05) is 35.2 Å². The van der Waals surface area contributed by atoms with Crippen molar-refractivity contribution in [2.45, 2.75) is 77.5 Å². The van der Waals surface area contributed by atoms with Gasteiger partial charge in [-0.25, -0.2) is 4.79 Å². The second-order valence-corrected chi connectivity index (χ2v) is 10.8. The van der Waals surface area contributed by atoms with Crippen LogP contribution in [0.5, 0.6) is 0 Å². The lowest BCUT2D eigenvalue weighted by molar-refractivity contribution is 0.0203. The van der Waals surface area contributed by atoms with Crippen molar-refractivity contribution in [2.75, 3.05) is 26.2 Å². The molecule has 0 spiro atoms. The van der Waals surface area contributed by atoms with Crippen molar-refractivity contribution in [3.8, 4) is 0 Å². The van der Waals surface area contributed by atoms with Gasteiger partial charge in [-0.1, -0.05) is 44.2 Å². The molecule has 2 atom stereocenters. The maximum absolute atomic E-state index is 13.6. The molecule has 1 aliphatic heterocycles. The second kappa shape index (κ2) is 12.2. The van der Waals surface area contributed by atoms with Crippen molar-refractivity contribution < 1.29 is 4.74 Å². The predicted molar refractivity (Wildman–Crippen MR) is 145 cm³/mol. The molecule has 2 fully saturated rings. The highest BCUT2D eigenvalue weighted by atomic mass is 16.5. The van der Waals surface area contributed by atoms with Crippen molar-refractivity contribution in [3.05, 3.63) is 64.8 Å². The molecule has 6 nitrogen and oxygen atoms in total. The van der Waals surface area contributed by atoms with Gasteiger partial charge < -0.3 is 9.64 Å². The van der Waals surface area contributed by atoms with Gasteiger partial charge in [0.2, 0.25) is 0 Å². The van der Waals surface area contributed by atoms with E-state index in [0.717, 1.165) is 42.0 Å². The van der Waals surface area contributed by atoms with Crippen molar-refractivity contribution in [1.29, 1.82) is 0 Å². The van der Waals surface area contributed by atoms with Gasteiger partial charge in [-0.3, -0.25) is 14.1 Å². The normalized spacial score (nSPS) is 22.5. The van der Waals surface area contributed by atoms with Crippen LogP contribution in [-0.2, 0) is 17.9 Å². The van der Waals surface area contributed by atoms with Gasteiger partial charge in [0.15, 0.2) is 0 Å². The Kier molecular flexibility index (Phi) is 8.55. The lowest BCUT2D eigenvalue weighted by Crippen LogP contribution is -2.46. The van der Waals surface area contributed by atoms with E-state index >= 15 is 0 Å². The quantitative estimate of drug-likeness (QED) is 0.409. The third-order valence-corrected chi connectivity index (χ3v) is 8.39. The fraction of sp³-hybridized carbons (Fsp3) is 0.600. The number of benzene rings is 1. The minimum atomic E-state index is 0.122. The summed E-state index contributed by atoms with van der Waals surface area (Å²) in [6.45, 7) is 7.24. The van der Waals surface area contributed by atoms with E-state index in [0.29, 0.717) is 19.8 Å². The molecule has 0 radical (unpaired) electrons. The predicted octanol–water partition coefficient (Wildman–Crippen LogP) is 5.66. The highest BCUT2D eigenvalue weighted by Gasteiger charge is 2.34. The van der Waals surface area contributed by atoms with Crippen LogP contribution in [-0.4, -0.2) is 45.3 Å². The summed E-state index contributed by atoms with van der Waals surface area (Å²) in [4.78, 5) is 20.4. The molecule has 1 aromatic carbocycles. The number of para-hydroxylation sites is 2. The molecule has 2 aromatic heterocycles. The Morgan fingerprint density at radius 1 is 0.944 bits per heavy atom. The van der Waals surface area contributed by atoms with Crippen molar-refractivity contribution in [3.63, 3.8) is 0 Å². The fourth-order valence-electron chi connectivity index (χ4n) is 6.52. The molecular weight excluding hydrogens is 448 g/mol. The zero-order valence-corrected chi connectivity index (χ0v) is 21.9. The Balaban J connectivity index is 1.36. The van der Waals surface area contributed by atoms with Crippen LogP contribution in [0.2, 0.25) is 0 Å². The summed E-state index contributed by atoms with van der Waals surface area (Å²) >= 11 is 0. The van der Waals surface area contributed by atoms with Gasteiger partial charge in [-0.2, -0.15) is 0 Å². The third kappa shape index (κ3) is 5.76.